The molecule has 0 radical (unpaired) electrons. The van der Waals surface area contributed by atoms with Gasteiger partial charge < -0.3 is 10.1 Å². The predicted octanol–water partition coefficient (Wildman–Crippen LogP) is 3.31. The van der Waals surface area contributed by atoms with Crippen LogP contribution in [0.25, 0.3) is 11.7 Å². The number of aromatic nitrogens is 2. The molecule has 0 unspecified atom stereocenters. The van der Waals surface area contributed by atoms with Crippen molar-refractivity contribution < 1.29 is 9.53 Å². The van der Waals surface area contributed by atoms with Gasteiger partial charge in [-0.15, -0.1) is 0 Å². The highest BCUT2D eigenvalue weighted by molar-refractivity contribution is 8.26. The number of methoxy groups -OCH3 is 1. The molecule has 2 aromatic rings. The zero-order chi connectivity index (χ0) is 21.8. The molecule has 9 heteroatoms. The molecule has 1 N–H and O–H groups in total. The summed E-state index contributed by atoms with van der Waals surface area (Å²) in [5.74, 6) is 0.659. The van der Waals surface area contributed by atoms with E-state index in [1.165, 1.54) is 16.2 Å². The van der Waals surface area contributed by atoms with E-state index in [0.29, 0.717) is 58.3 Å². The van der Waals surface area contributed by atoms with Gasteiger partial charge in [0.2, 0.25) is 0 Å². The number of hydrogen-bond acceptors (Lipinski definition) is 7. The fourth-order valence-corrected chi connectivity index (χ4v) is 4.36. The molecule has 7 nitrogen and oxygen atoms in total. The van der Waals surface area contributed by atoms with Crippen LogP contribution in [0.15, 0.2) is 28.0 Å². The lowest BCUT2D eigenvalue weighted by molar-refractivity contribution is -0.122. The van der Waals surface area contributed by atoms with Gasteiger partial charge in [0.15, 0.2) is 0 Å². The van der Waals surface area contributed by atoms with Crippen molar-refractivity contribution in [3.8, 4) is 0 Å². The molecule has 0 spiro atoms. The summed E-state index contributed by atoms with van der Waals surface area (Å²) in [6.07, 6.45) is 4.00. The third-order valence-corrected chi connectivity index (χ3v) is 6.02. The summed E-state index contributed by atoms with van der Waals surface area (Å²) >= 11 is 6.59. The highest BCUT2D eigenvalue weighted by atomic mass is 32.2. The third kappa shape index (κ3) is 4.74. The van der Waals surface area contributed by atoms with E-state index in [0.717, 1.165) is 5.56 Å². The van der Waals surface area contributed by atoms with Crippen LogP contribution in [0.2, 0.25) is 0 Å². The second kappa shape index (κ2) is 9.72. The molecule has 160 valence electrons. The number of fused-ring (bicyclic) bond motifs is 1. The number of hydrogen-bond donors (Lipinski definition) is 1. The van der Waals surface area contributed by atoms with Crippen LogP contribution in [0.1, 0.15) is 31.4 Å². The zero-order valence-corrected chi connectivity index (χ0v) is 19.2. The number of nitrogens with one attached hydrogen (secondary N) is 1. The van der Waals surface area contributed by atoms with Crippen LogP contribution in [0.5, 0.6) is 0 Å². The third-order valence-electron chi connectivity index (χ3n) is 4.64. The van der Waals surface area contributed by atoms with Crippen LogP contribution in [-0.4, -0.2) is 51.3 Å². The summed E-state index contributed by atoms with van der Waals surface area (Å²) in [5.41, 5.74) is 1.63. The Bertz CT molecular complexity index is 1060. The molecular formula is C21H26N4O3S2. The molecule has 0 aromatic carbocycles. The second-order valence-corrected chi connectivity index (χ2v) is 9.19. The lowest BCUT2D eigenvalue weighted by atomic mass is 10.2. The van der Waals surface area contributed by atoms with Crippen molar-refractivity contribution >= 4 is 51.7 Å². The molecule has 1 fully saturated rings. The van der Waals surface area contributed by atoms with Crippen LogP contribution in [0, 0.1) is 12.8 Å². The van der Waals surface area contributed by atoms with Crippen LogP contribution >= 0.6 is 24.0 Å². The number of carbonyl (C=O) groups excluding carboxylic acids is 1. The highest BCUT2D eigenvalue weighted by Crippen LogP contribution is 2.33. The maximum Gasteiger partial charge on any atom is 0.267 e. The smallest absolute Gasteiger partial charge is 0.267 e. The number of nitrogens with zero attached hydrogens (tertiary/aromatic N) is 3. The maximum atomic E-state index is 13.3. The van der Waals surface area contributed by atoms with Crippen LogP contribution in [0.3, 0.4) is 0 Å². The number of anilines is 1. The van der Waals surface area contributed by atoms with E-state index in [2.05, 4.69) is 19.2 Å². The zero-order valence-electron chi connectivity index (χ0n) is 17.6. The van der Waals surface area contributed by atoms with Crippen molar-refractivity contribution in [3.05, 3.63) is 44.7 Å². The fourth-order valence-electron chi connectivity index (χ4n) is 3.07. The molecule has 1 aliphatic heterocycles. The Morgan fingerprint density at radius 1 is 1.37 bits per heavy atom. The van der Waals surface area contributed by atoms with Crippen molar-refractivity contribution in [1.82, 2.24) is 14.3 Å². The number of carbonyl (C=O) groups is 1. The average molecular weight is 447 g/mol. The Kier molecular flexibility index (Phi) is 7.27. The van der Waals surface area contributed by atoms with Gasteiger partial charge in [-0.3, -0.25) is 18.9 Å². The lowest BCUT2D eigenvalue weighted by Gasteiger charge is -2.14. The Labute approximate surface area is 185 Å². The van der Waals surface area contributed by atoms with E-state index >= 15 is 0 Å². The number of aryl methyl sites for hydroxylation is 1. The Morgan fingerprint density at radius 3 is 2.83 bits per heavy atom. The van der Waals surface area contributed by atoms with E-state index in [9.17, 15) is 9.59 Å². The minimum atomic E-state index is -0.223. The standard InChI is InChI=1S/C21H26N4O3S2/c1-13(2)12-22-17-15(19(26)24-8-5-7-14(3)18(24)23-17)11-16-20(27)25(21(29)30-16)9-6-10-28-4/h5,7-8,11,13,22H,6,9-10,12H2,1-4H3/b16-11+. The summed E-state index contributed by atoms with van der Waals surface area (Å²) in [7, 11) is 1.62. The number of amides is 1. The number of pyridine rings is 1. The van der Waals surface area contributed by atoms with Crippen molar-refractivity contribution in [2.45, 2.75) is 27.2 Å². The van der Waals surface area contributed by atoms with E-state index in [4.69, 9.17) is 21.9 Å². The van der Waals surface area contributed by atoms with Gasteiger partial charge in [0.25, 0.3) is 11.5 Å². The minimum Gasteiger partial charge on any atom is -0.385 e. The first-order valence-electron chi connectivity index (χ1n) is 9.83. The van der Waals surface area contributed by atoms with E-state index in [-0.39, 0.29) is 11.5 Å². The maximum absolute atomic E-state index is 13.3. The van der Waals surface area contributed by atoms with Crippen molar-refractivity contribution in [1.29, 1.82) is 0 Å². The van der Waals surface area contributed by atoms with Crippen molar-refractivity contribution in [2.75, 3.05) is 32.1 Å². The van der Waals surface area contributed by atoms with Crippen molar-refractivity contribution in [2.24, 2.45) is 5.92 Å². The van der Waals surface area contributed by atoms with Gasteiger partial charge >= 0.3 is 0 Å². The number of rotatable bonds is 8. The first kappa shape index (κ1) is 22.5. The summed E-state index contributed by atoms with van der Waals surface area (Å²) < 4.78 is 7.06. The molecule has 3 rings (SSSR count). The highest BCUT2D eigenvalue weighted by Gasteiger charge is 2.32. The summed E-state index contributed by atoms with van der Waals surface area (Å²) in [5, 5.41) is 3.27. The van der Waals surface area contributed by atoms with E-state index < -0.39 is 0 Å². The number of ether oxygens (including phenoxy) is 1. The van der Waals surface area contributed by atoms with Gasteiger partial charge in [-0.2, -0.15) is 0 Å². The lowest BCUT2D eigenvalue weighted by Crippen LogP contribution is -2.29. The molecule has 0 bridgehead atoms. The van der Waals surface area contributed by atoms with E-state index in [1.807, 2.05) is 19.1 Å². The molecular weight excluding hydrogens is 420 g/mol. The molecule has 1 aliphatic rings. The first-order valence-corrected chi connectivity index (χ1v) is 11.1. The summed E-state index contributed by atoms with van der Waals surface area (Å²) in [4.78, 5) is 32.8. The van der Waals surface area contributed by atoms with E-state index in [1.54, 1.807) is 24.3 Å². The number of thioether (sulfide) groups is 1. The quantitative estimate of drug-likeness (QED) is 0.379. The number of thiocarbonyl (C=S) groups is 1. The molecule has 0 saturated carbocycles. The van der Waals surface area contributed by atoms with Gasteiger partial charge in [-0.25, -0.2) is 4.98 Å². The molecule has 30 heavy (non-hydrogen) atoms. The second-order valence-electron chi connectivity index (χ2n) is 7.52. The predicted molar refractivity (Wildman–Crippen MR) is 126 cm³/mol. The van der Waals surface area contributed by atoms with Gasteiger partial charge in [0.05, 0.1) is 10.5 Å². The van der Waals surface area contributed by atoms with Gasteiger partial charge in [0, 0.05) is 33.0 Å². The SMILES string of the molecule is COCCCN1C(=O)/C(=C\c2c(NCC(C)C)nc3c(C)cccn3c2=O)SC1=S. The first-order chi connectivity index (χ1) is 14.3. The van der Waals surface area contributed by atoms with Gasteiger partial charge in [0.1, 0.15) is 15.8 Å². The fraction of sp³-hybridized carbons (Fsp3) is 0.429. The van der Waals surface area contributed by atoms with Crippen LogP contribution < -0.4 is 10.9 Å². The Hall–Kier alpha value is -2.23. The molecule has 1 saturated heterocycles. The van der Waals surface area contributed by atoms with Crippen LogP contribution in [-0.2, 0) is 9.53 Å². The minimum absolute atomic E-state index is 0.190. The monoisotopic (exact) mass is 446 g/mol. The molecule has 1 amide bonds. The van der Waals surface area contributed by atoms with Gasteiger partial charge in [-0.1, -0.05) is 43.9 Å². The topological polar surface area (TPSA) is 75.9 Å². The summed E-state index contributed by atoms with van der Waals surface area (Å²) in [6, 6.07) is 3.73. The molecule has 0 aliphatic carbocycles. The Morgan fingerprint density at radius 2 is 2.13 bits per heavy atom. The molecule has 2 aromatic heterocycles. The molecule has 0 atom stereocenters. The average Bonchev–Trinajstić information content (AvgIpc) is 2.97. The normalized spacial score (nSPS) is 15.8. The van der Waals surface area contributed by atoms with Crippen LogP contribution in [0.4, 0.5) is 5.82 Å². The largest absolute Gasteiger partial charge is 0.385 e. The summed E-state index contributed by atoms with van der Waals surface area (Å²) in [6.45, 7) is 7.77. The Balaban J connectivity index is 2.05. The molecule has 3 heterocycles. The van der Waals surface area contributed by atoms with Gasteiger partial charge in [-0.05, 0) is 37.0 Å². The van der Waals surface area contributed by atoms with Crippen molar-refractivity contribution in [3.63, 3.8) is 0 Å².